The first kappa shape index (κ1) is 26.1. The SMILES string of the molecule is Cc1ccc(S(=O)(=O)n2ccc3c(-c4nc(-c5cnn(C)c5CO)cc(N5CCOC[C@H]5C)n4)ccnc32)cc1. The summed E-state index contributed by atoms with van der Waals surface area (Å²) in [5.41, 5.74) is 3.82. The number of anilines is 1. The fourth-order valence-electron chi connectivity index (χ4n) is 5.00. The molecule has 1 atom stereocenters. The van der Waals surface area contributed by atoms with Crippen molar-refractivity contribution in [2.24, 2.45) is 7.05 Å². The molecule has 0 radical (unpaired) electrons. The zero-order valence-electron chi connectivity index (χ0n) is 22.4. The van der Waals surface area contributed by atoms with Crippen molar-refractivity contribution in [1.29, 1.82) is 0 Å². The first-order valence-electron chi connectivity index (χ1n) is 12.9. The number of pyridine rings is 1. The number of ether oxygens (including phenoxy) is 1. The monoisotopic (exact) mass is 559 g/mol. The van der Waals surface area contributed by atoms with E-state index in [1.54, 1.807) is 60.5 Å². The van der Waals surface area contributed by atoms with Crippen molar-refractivity contribution in [3.63, 3.8) is 0 Å². The molecule has 5 heterocycles. The van der Waals surface area contributed by atoms with E-state index in [4.69, 9.17) is 14.7 Å². The van der Waals surface area contributed by atoms with E-state index in [2.05, 4.69) is 21.9 Å². The Morgan fingerprint density at radius 3 is 2.65 bits per heavy atom. The molecule has 11 nitrogen and oxygen atoms in total. The maximum Gasteiger partial charge on any atom is 0.269 e. The van der Waals surface area contributed by atoms with Gasteiger partial charge in [0.15, 0.2) is 11.5 Å². The third-order valence-electron chi connectivity index (χ3n) is 7.23. The second kappa shape index (κ2) is 10.1. The molecule has 1 saturated heterocycles. The van der Waals surface area contributed by atoms with Crippen LogP contribution < -0.4 is 4.90 Å². The van der Waals surface area contributed by atoms with E-state index in [-0.39, 0.29) is 23.2 Å². The zero-order valence-corrected chi connectivity index (χ0v) is 23.2. The summed E-state index contributed by atoms with van der Waals surface area (Å²) < 4.78 is 35.5. The van der Waals surface area contributed by atoms with Gasteiger partial charge in [0, 0.05) is 48.6 Å². The van der Waals surface area contributed by atoms with Crippen molar-refractivity contribution in [3.05, 3.63) is 72.3 Å². The summed E-state index contributed by atoms with van der Waals surface area (Å²) in [5.74, 6) is 1.12. The third kappa shape index (κ3) is 4.43. The summed E-state index contributed by atoms with van der Waals surface area (Å²) >= 11 is 0. The van der Waals surface area contributed by atoms with Gasteiger partial charge in [-0.1, -0.05) is 17.7 Å². The van der Waals surface area contributed by atoms with E-state index in [0.29, 0.717) is 59.3 Å². The lowest BCUT2D eigenvalue weighted by molar-refractivity contribution is 0.0985. The molecule has 206 valence electrons. The molecule has 0 aliphatic carbocycles. The maximum atomic E-state index is 13.5. The van der Waals surface area contributed by atoms with Crippen LogP contribution in [-0.4, -0.2) is 68.0 Å². The van der Waals surface area contributed by atoms with Gasteiger partial charge in [-0.05, 0) is 38.1 Å². The standard InChI is InChI=1S/C28H29N7O4S/c1-18-4-6-20(7-5-18)40(37,38)35-11-9-22-21(8-10-29-28(22)35)27-31-24(23-15-30-33(3)25(23)16-36)14-26(32-27)34-12-13-39-17-19(34)2/h4-11,14-15,19,36H,12-13,16-17H2,1-3H3/t19-/m1/s1. The average molecular weight is 560 g/mol. The molecule has 0 amide bonds. The van der Waals surface area contributed by atoms with Gasteiger partial charge in [-0.3, -0.25) is 4.68 Å². The minimum Gasteiger partial charge on any atom is -0.390 e. The van der Waals surface area contributed by atoms with Crippen molar-refractivity contribution in [2.45, 2.75) is 31.4 Å². The fourth-order valence-corrected chi connectivity index (χ4v) is 6.30. The molecule has 1 fully saturated rings. The Hall–Kier alpha value is -4.13. The topological polar surface area (TPSA) is 128 Å². The molecule has 0 unspecified atom stereocenters. The molecule has 1 aliphatic heterocycles. The van der Waals surface area contributed by atoms with Gasteiger partial charge in [0.2, 0.25) is 0 Å². The number of nitrogens with zero attached hydrogens (tertiary/aromatic N) is 7. The van der Waals surface area contributed by atoms with Crippen LogP contribution in [-0.2, 0) is 28.4 Å². The Balaban J connectivity index is 1.53. The van der Waals surface area contributed by atoms with Crippen LogP contribution in [0.2, 0.25) is 0 Å². The van der Waals surface area contributed by atoms with Gasteiger partial charge in [0.05, 0.1) is 48.3 Å². The summed E-state index contributed by atoms with van der Waals surface area (Å²) in [4.78, 5) is 16.6. The highest BCUT2D eigenvalue weighted by Crippen LogP contribution is 2.33. The van der Waals surface area contributed by atoms with Gasteiger partial charge in [-0.15, -0.1) is 0 Å². The number of morpholine rings is 1. The number of aromatic nitrogens is 6. The molecular formula is C28H29N7O4S. The number of rotatable bonds is 6. The summed E-state index contributed by atoms with van der Waals surface area (Å²) in [5, 5.41) is 14.9. The van der Waals surface area contributed by atoms with E-state index >= 15 is 0 Å². The largest absolute Gasteiger partial charge is 0.390 e. The number of aliphatic hydroxyl groups is 1. The second-order valence-electron chi connectivity index (χ2n) is 9.86. The van der Waals surface area contributed by atoms with Gasteiger partial charge in [-0.25, -0.2) is 27.3 Å². The van der Waals surface area contributed by atoms with E-state index in [1.807, 2.05) is 13.0 Å². The summed E-state index contributed by atoms with van der Waals surface area (Å²) in [6.07, 6.45) is 4.75. The van der Waals surface area contributed by atoms with E-state index in [9.17, 15) is 13.5 Å². The van der Waals surface area contributed by atoms with Gasteiger partial charge in [0.25, 0.3) is 10.0 Å². The fraction of sp³-hybridized carbons (Fsp3) is 0.286. The minimum absolute atomic E-state index is 0.0914. The van der Waals surface area contributed by atoms with Crippen molar-refractivity contribution >= 4 is 26.9 Å². The van der Waals surface area contributed by atoms with Crippen LogP contribution in [0.15, 0.2) is 66.0 Å². The Morgan fingerprint density at radius 2 is 1.90 bits per heavy atom. The van der Waals surface area contributed by atoms with Crippen LogP contribution >= 0.6 is 0 Å². The normalized spacial score (nSPS) is 16.1. The molecule has 1 aromatic carbocycles. The quantitative estimate of drug-likeness (QED) is 0.334. The van der Waals surface area contributed by atoms with E-state index in [1.165, 1.54) is 10.2 Å². The number of hydrogen-bond donors (Lipinski definition) is 1. The Morgan fingerprint density at radius 1 is 1.10 bits per heavy atom. The van der Waals surface area contributed by atoms with Crippen LogP contribution in [0.1, 0.15) is 18.2 Å². The third-order valence-corrected chi connectivity index (χ3v) is 8.92. The molecule has 1 N–H and O–H groups in total. The molecule has 12 heteroatoms. The number of benzene rings is 1. The number of hydrogen-bond acceptors (Lipinski definition) is 9. The smallest absolute Gasteiger partial charge is 0.269 e. The molecule has 0 spiro atoms. The number of aliphatic hydroxyl groups excluding tert-OH is 1. The average Bonchev–Trinajstić information content (AvgIpc) is 3.57. The molecule has 0 saturated carbocycles. The molecule has 40 heavy (non-hydrogen) atoms. The summed E-state index contributed by atoms with van der Waals surface area (Å²) in [6, 6.07) is 12.2. The molecule has 5 aromatic rings. The Labute approximate surface area is 231 Å². The Kier molecular flexibility index (Phi) is 6.61. The van der Waals surface area contributed by atoms with Gasteiger partial charge in [-0.2, -0.15) is 5.10 Å². The highest BCUT2D eigenvalue weighted by atomic mass is 32.2. The second-order valence-corrected chi connectivity index (χ2v) is 11.7. The maximum absolute atomic E-state index is 13.5. The lowest BCUT2D eigenvalue weighted by Gasteiger charge is -2.34. The van der Waals surface area contributed by atoms with Crippen molar-refractivity contribution < 1.29 is 18.3 Å². The lowest BCUT2D eigenvalue weighted by Crippen LogP contribution is -2.44. The van der Waals surface area contributed by atoms with Crippen molar-refractivity contribution in [2.75, 3.05) is 24.7 Å². The highest BCUT2D eigenvalue weighted by molar-refractivity contribution is 7.90. The van der Waals surface area contributed by atoms with Crippen LogP contribution in [0.4, 0.5) is 5.82 Å². The Bertz CT molecular complexity index is 1810. The lowest BCUT2D eigenvalue weighted by atomic mass is 10.1. The molecular weight excluding hydrogens is 530 g/mol. The molecule has 6 rings (SSSR count). The minimum atomic E-state index is -3.88. The first-order valence-corrected chi connectivity index (χ1v) is 14.4. The van der Waals surface area contributed by atoms with Crippen LogP contribution in [0.5, 0.6) is 0 Å². The van der Waals surface area contributed by atoms with Crippen LogP contribution in [0, 0.1) is 6.92 Å². The molecule has 4 aromatic heterocycles. The molecule has 1 aliphatic rings. The van der Waals surface area contributed by atoms with E-state index in [0.717, 1.165) is 5.56 Å². The number of fused-ring (bicyclic) bond motifs is 1. The molecule has 0 bridgehead atoms. The van der Waals surface area contributed by atoms with Crippen molar-refractivity contribution in [3.8, 4) is 22.6 Å². The predicted molar refractivity (Wildman–Crippen MR) is 150 cm³/mol. The van der Waals surface area contributed by atoms with E-state index < -0.39 is 10.0 Å². The van der Waals surface area contributed by atoms with Gasteiger partial charge >= 0.3 is 0 Å². The van der Waals surface area contributed by atoms with Crippen LogP contribution in [0.3, 0.4) is 0 Å². The first-order chi connectivity index (χ1) is 19.3. The summed E-state index contributed by atoms with van der Waals surface area (Å²) in [7, 11) is -2.11. The van der Waals surface area contributed by atoms with Crippen LogP contribution in [0.25, 0.3) is 33.7 Å². The van der Waals surface area contributed by atoms with Gasteiger partial charge in [0.1, 0.15) is 5.82 Å². The highest BCUT2D eigenvalue weighted by Gasteiger charge is 2.25. The predicted octanol–water partition coefficient (Wildman–Crippen LogP) is 3.16. The number of aryl methyl sites for hydroxylation is 2. The van der Waals surface area contributed by atoms with Crippen molar-refractivity contribution in [1.82, 2.24) is 28.7 Å². The van der Waals surface area contributed by atoms with Gasteiger partial charge < -0.3 is 14.7 Å². The zero-order chi connectivity index (χ0) is 28.0. The summed E-state index contributed by atoms with van der Waals surface area (Å²) in [6.45, 7) is 5.59.